The number of carbonyl (C=O) groups excluding carboxylic acids is 1. The largest absolute Gasteiger partial charge is 0.285 e. The highest BCUT2D eigenvalue weighted by Gasteiger charge is 2.13. The smallest absolute Gasteiger partial charge is 0.266 e. The van der Waals surface area contributed by atoms with E-state index in [9.17, 15) is 9.18 Å². The fourth-order valence-electron chi connectivity index (χ4n) is 2.68. The summed E-state index contributed by atoms with van der Waals surface area (Å²) >= 11 is 1.01. The summed E-state index contributed by atoms with van der Waals surface area (Å²) in [7, 11) is 0. The maximum absolute atomic E-state index is 13.3. The van der Waals surface area contributed by atoms with Crippen LogP contribution in [0.5, 0.6) is 0 Å². The van der Waals surface area contributed by atoms with Gasteiger partial charge in [0.2, 0.25) is 0 Å². The van der Waals surface area contributed by atoms with Crippen molar-refractivity contribution in [2.24, 2.45) is 5.10 Å². The summed E-state index contributed by atoms with van der Waals surface area (Å²) in [6.07, 6.45) is 3.30. The number of halogens is 1. The highest BCUT2D eigenvalue weighted by molar-refractivity contribution is 7.07. The molecule has 0 bridgehead atoms. The quantitative estimate of drug-likeness (QED) is 0.405. The topological polar surface area (TPSA) is 85.1 Å². The SMILES string of the molecule is Cc1nnsc1C(=O)NN=Cc1cn(-c2ccccc2)nc1-c1ccc(F)cc1. The van der Waals surface area contributed by atoms with Crippen LogP contribution in [-0.4, -0.2) is 31.5 Å². The summed E-state index contributed by atoms with van der Waals surface area (Å²) in [6, 6.07) is 15.6. The molecule has 2 heterocycles. The van der Waals surface area contributed by atoms with Crippen molar-refractivity contribution in [3.05, 3.63) is 82.7 Å². The van der Waals surface area contributed by atoms with E-state index in [1.165, 1.54) is 18.3 Å². The molecule has 1 amide bonds. The van der Waals surface area contributed by atoms with Crippen molar-refractivity contribution >= 4 is 23.7 Å². The average molecular weight is 406 g/mol. The second-order valence-corrected chi connectivity index (χ2v) is 6.86. The van der Waals surface area contributed by atoms with Gasteiger partial charge < -0.3 is 0 Å². The number of amides is 1. The van der Waals surface area contributed by atoms with E-state index in [1.54, 1.807) is 29.9 Å². The summed E-state index contributed by atoms with van der Waals surface area (Å²) in [5.41, 5.74) is 5.90. The van der Waals surface area contributed by atoms with Crippen molar-refractivity contribution < 1.29 is 9.18 Å². The third kappa shape index (κ3) is 4.09. The van der Waals surface area contributed by atoms with E-state index in [1.807, 2.05) is 30.3 Å². The molecule has 4 rings (SSSR count). The van der Waals surface area contributed by atoms with Crippen molar-refractivity contribution in [2.45, 2.75) is 6.92 Å². The van der Waals surface area contributed by atoms with Gasteiger partial charge in [-0.05, 0) is 54.9 Å². The molecule has 0 saturated carbocycles. The Morgan fingerprint density at radius 3 is 2.62 bits per heavy atom. The Bertz CT molecular complexity index is 1170. The van der Waals surface area contributed by atoms with Crippen molar-refractivity contribution in [3.8, 4) is 16.9 Å². The number of hydrazone groups is 1. The van der Waals surface area contributed by atoms with Crippen molar-refractivity contribution in [2.75, 3.05) is 0 Å². The second-order valence-electron chi connectivity index (χ2n) is 6.11. The molecule has 0 radical (unpaired) electrons. The molecule has 0 spiro atoms. The first-order valence-corrected chi connectivity index (χ1v) is 9.42. The van der Waals surface area contributed by atoms with Crippen LogP contribution in [0, 0.1) is 12.7 Å². The molecule has 7 nitrogen and oxygen atoms in total. The number of benzene rings is 2. The Hall–Kier alpha value is -3.72. The molecule has 1 N–H and O–H groups in total. The molecule has 4 aromatic rings. The predicted octanol–water partition coefficient (Wildman–Crippen LogP) is 3.60. The Labute approximate surface area is 169 Å². The van der Waals surface area contributed by atoms with Gasteiger partial charge in [0, 0.05) is 17.3 Å². The predicted molar refractivity (Wildman–Crippen MR) is 109 cm³/mol. The Morgan fingerprint density at radius 2 is 1.93 bits per heavy atom. The van der Waals surface area contributed by atoms with Crippen molar-refractivity contribution in [1.29, 1.82) is 0 Å². The minimum absolute atomic E-state index is 0.327. The van der Waals surface area contributed by atoms with Gasteiger partial charge in [-0.2, -0.15) is 10.2 Å². The minimum atomic E-state index is -0.382. The van der Waals surface area contributed by atoms with Gasteiger partial charge in [-0.3, -0.25) is 4.79 Å². The molecular weight excluding hydrogens is 391 g/mol. The van der Waals surface area contributed by atoms with Gasteiger partial charge in [-0.15, -0.1) is 5.10 Å². The third-order valence-corrected chi connectivity index (χ3v) is 4.94. The number of rotatable bonds is 5. The molecule has 144 valence electrons. The number of aromatic nitrogens is 4. The lowest BCUT2D eigenvalue weighted by Crippen LogP contribution is -2.17. The van der Waals surface area contributed by atoms with E-state index < -0.39 is 0 Å². The monoisotopic (exact) mass is 406 g/mol. The molecule has 0 aliphatic carbocycles. The number of hydrogen-bond acceptors (Lipinski definition) is 6. The molecule has 0 aliphatic rings. The zero-order valence-electron chi connectivity index (χ0n) is 15.3. The zero-order chi connectivity index (χ0) is 20.2. The minimum Gasteiger partial charge on any atom is -0.266 e. The van der Waals surface area contributed by atoms with Crippen molar-refractivity contribution in [1.82, 2.24) is 24.8 Å². The van der Waals surface area contributed by atoms with Gasteiger partial charge >= 0.3 is 0 Å². The van der Waals surface area contributed by atoms with Crippen LogP contribution >= 0.6 is 11.5 Å². The van der Waals surface area contributed by atoms with Gasteiger partial charge in [0.25, 0.3) is 5.91 Å². The summed E-state index contributed by atoms with van der Waals surface area (Å²) in [5.74, 6) is -0.709. The van der Waals surface area contributed by atoms with E-state index in [0.29, 0.717) is 21.8 Å². The molecule has 2 aromatic carbocycles. The van der Waals surface area contributed by atoms with E-state index >= 15 is 0 Å². The number of hydrogen-bond donors (Lipinski definition) is 1. The van der Waals surface area contributed by atoms with E-state index in [2.05, 4.69) is 25.2 Å². The lowest BCUT2D eigenvalue weighted by molar-refractivity contribution is 0.0958. The van der Waals surface area contributed by atoms with Gasteiger partial charge in [0.05, 0.1) is 17.6 Å². The van der Waals surface area contributed by atoms with Gasteiger partial charge in [0.1, 0.15) is 16.4 Å². The first kappa shape index (κ1) is 18.6. The maximum atomic E-state index is 13.3. The van der Waals surface area contributed by atoms with Crippen LogP contribution in [-0.2, 0) is 0 Å². The summed E-state index contributed by atoms with van der Waals surface area (Å²) < 4.78 is 18.8. The van der Waals surface area contributed by atoms with Crippen LogP contribution < -0.4 is 5.43 Å². The fourth-order valence-corrected chi connectivity index (χ4v) is 3.22. The molecule has 29 heavy (non-hydrogen) atoms. The number of nitrogens with one attached hydrogen (secondary N) is 1. The number of aryl methyl sites for hydroxylation is 1. The Balaban J connectivity index is 1.65. The lowest BCUT2D eigenvalue weighted by atomic mass is 10.1. The van der Waals surface area contributed by atoms with Gasteiger partial charge in [-0.1, -0.05) is 22.7 Å². The number of para-hydroxylation sites is 1. The summed E-state index contributed by atoms with van der Waals surface area (Å²) in [5, 5.41) is 12.5. The number of carbonyl (C=O) groups is 1. The van der Waals surface area contributed by atoms with Crippen LogP contribution in [0.4, 0.5) is 4.39 Å². The molecule has 0 unspecified atom stereocenters. The Kier molecular flexibility index (Phi) is 5.21. The molecule has 0 aliphatic heterocycles. The fraction of sp³-hybridized carbons (Fsp3) is 0.0500. The van der Waals surface area contributed by atoms with Gasteiger partial charge in [0.15, 0.2) is 0 Å². The normalized spacial score (nSPS) is 11.1. The average Bonchev–Trinajstić information content (AvgIpc) is 3.36. The molecule has 0 fully saturated rings. The van der Waals surface area contributed by atoms with Crippen molar-refractivity contribution in [3.63, 3.8) is 0 Å². The van der Waals surface area contributed by atoms with Crippen LogP contribution in [0.15, 0.2) is 65.9 Å². The highest BCUT2D eigenvalue weighted by atomic mass is 32.1. The molecule has 2 aromatic heterocycles. The highest BCUT2D eigenvalue weighted by Crippen LogP contribution is 2.23. The lowest BCUT2D eigenvalue weighted by Gasteiger charge is -2.00. The standard InChI is InChI=1S/C20H15FN6OS/c1-13-19(29-26-23-13)20(28)24-22-11-15-12-27(17-5-3-2-4-6-17)25-18(15)14-7-9-16(21)10-8-14/h2-12H,1H3,(H,24,28). The first-order chi connectivity index (χ1) is 14.1. The number of nitrogens with zero attached hydrogens (tertiary/aromatic N) is 5. The van der Waals surface area contributed by atoms with Crippen LogP contribution in [0.1, 0.15) is 20.9 Å². The van der Waals surface area contributed by atoms with E-state index in [0.717, 1.165) is 22.8 Å². The first-order valence-electron chi connectivity index (χ1n) is 8.65. The van der Waals surface area contributed by atoms with E-state index in [-0.39, 0.29) is 11.7 Å². The second kappa shape index (κ2) is 8.11. The Morgan fingerprint density at radius 1 is 1.17 bits per heavy atom. The molecule has 0 atom stereocenters. The molecule has 0 saturated heterocycles. The summed E-state index contributed by atoms with van der Waals surface area (Å²) in [4.78, 5) is 12.6. The van der Waals surface area contributed by atoms with Crippen LogP contribution in [0.2, 0.25) is 0 Å². The maximum Gasteiger partial charge on any atom is 0.285 e. The summed E-state index contributed by atoms with van der Waals surface area (Å²) in [6.45, 7) is 1.71. The van der Waals surface area contributed by atoms with Crippen LogP contribution in [0.3, 0.4) is 0 Å². The molecular formula is C20H15FN6OS. The molecule has 9 heteroatoms. The van der Waals surface area contributed by atoms with E-state index in [4.69, 9.17) is 0 Å². The van der Waals surface area contributed by atoms with Gasteiger partial charge in [-0.25, -0.2) is 14.5 Å². The third-order valence-electron chi connectivity index (χ3n) is 4.11. The zero-order valence-corrected chi connectivity index (χ0v) is 16.1. The van der Waals surface area contributed by atoms with Crippen LogP contribution in [0.25, 0.3) is 16.9 Å².